The highest BCUT2D eigenvalue weighted by Gasteiger charge is 2.17. The van der Waals surface area contributed by atoms with Crippen LogP contribution in [0.3, 0.4) is 0 Å². The lowest BCUT2D eigenvalue weighted by Crippen LogP contribution is -2.14. The summed E-state index contributed by atoms with van der Waals surface area (Å²) in [6.45, 7) is 8.83. The van der Waals surface area contributed by atoms with E-state index in [9.17, 15) is 0 Å². The monoisotopic (exact) mass is 324 g/mol. The Hall–Kier alpha value is -1.21. The molecule has 0 amide bonds. The topological polar surface area (TPSA) is 45.0 Å². The molecule has 0 fully saturated rings. The Balaban J connectivity index is 3.16. The van der Waals surface area contributed by atoms with Crippen LogP contribution in [0.25, 0.3) is 0 Å². The molecule has 0 radical (unpaired) electrons. The zero-order chi connectivity index (χ0) is 14.6. The molecule has 1 N–H and O–H groups in total. The SMILES string of the molecule is CCC(C#N)CNc1c(C)c(Br)c(C)c(C)c1OC. The maximum atomic E-state index is 9.02. The second-order valence-corrected chi connectivity index (χ2v) is 5.51. The number of rotatable bonds is 5. The molecular formula is C15H21BrN2O. The van der Waals surface area contributed by atoms with Gasteiger partial charge in [-0.05, 0) is 43.9 Å². The van der Waals surface area contributed by atoms with Crippen LogP contribution in [0.5, 0.6) is 5.75 Å². The van der Waals surface area contributed by atoms with Crippen molar-refractivity contribution in [2.24, 2.45) is 5.92 Å². The highest BCUT2D eigenvalue weighted by molar-refractivity contribution is 9.10. The molecule has 0 spiro atoms. The second kappa shape index (κ2) is 6.81. The van der Waals surface area contributed by atoms with E-state index < -0.39 is 0 Å². The van der Waals surface area contributed by atoms with Gasteiger partial charge in [-0.1, -0.05) is 22.9 Å². The number of halogens is 1. The van der Waals surface area contributed by atoms with Crippen molar-refractivity contribution in [3.63, 3.8) is 0 Å². The zero-order valence-corrected chi connectivity index (χ0v) is 13.8. The first-order chi connectivity index (χ1) is 8.97. The minimum absolute atomic E-state index is 0.0180. The van der Waals surface area contributed by atoms with Crippen molar-refractivity contribution >= 4 is 21.6 Å². The molecule has 1 aromatic carbocycles. The predicted octanol–water partition coefficient (Wildman–Crippen LogP) is 4.34. The smallest absolute Gasteiger partial charge is 0.145 e. The third-order valence-electron chi connectivity index (χ3n) is 3.57. The van der Waals surface area contributed by atoms with Crippen molar-refractivity contribution in [3.8, 4) is 11.8 Å². The number of hydrogen-bond acceptors (Lipinski definition) is 3. The van der Waals surface area contributed by atoms with E-state index in [1.807, 2.05) is 13.8 Å². The summed E-state index contributed by atoms with van der Waals surface area (Å²) >= 11 is 3.62. The lowest BCUT2D eigenvalue weighted by molar-refractivity contribution is 0.412. The Morgan fingerprint density at radius 1 is 1.26 bits per heavy atom. The van der Waals surface area contributed by atoms with Gasteiger partial charge in [0.1, 0.15) is 5.75 Å². The quantitative estimate of drug-likeness (QED) is 0.875. The van der Waals surface area contributed by atoms with Gasteiger partial charge in [0.15, 0.2) is 0 Å². The molecule has 0 heterocycles. The molecule has 0 aliphatic rings. The average Bonchev–Trinajstić information content (AvgIpc) is 2.43. The molecule has 0 aliphatic heterocycles. The molecule has 0 saturated heterocycles. The molecule has 4 heteroatoms. The van der Waals surface area contributed by atoms with Gasteiger partial charge in [-0.2, -0.15) is 5.26 Å². The van der Waals surface area contributed by atoms with E-state index in [0.29, 0.717) is 6.54 Å². The number of nitriles is 1. The summed E-state index contributed by atoms with van der Waals surface area (Å²) in [6, 6.07) is 2.30. The summed E-state index contributed by atoms with van der Waals surface area (Å²) in [5.74, 6) is 0.885. The molecule has 104 valence electrons. The third-order valence-corrected chi connectivity index (χ3v) is 4.76. The van der Waals surface area contributed by atoms with Crippen LogP contribution in [0.2, 0.25) is 0 Å². The summed E-state index contributed by atoms with van der Waals surface area (Å²) in [5.41, 5.74) is 4.40. The Bertz CT molecular complexity index is 506. The molecule has 1 aromatic rings. The van der Waals surface area contributed by atoms with Gasteiger partial charge in [-0.3, -0.25) is 0 Å². The molecule has 1 rings (SSSR count). The van der Waals surface area contributed by atoms with Crippen LogP contribution >= 0.6 is 15.9 Å². The van der Waals surface area contributed by atoms with Gasteiger partial charge < -0.3 is 10.1 Å². The van der Waals surface area contributed by atoms with Crippen LogP contribution in [0.4, 0.5) is 5.69 Å². The van der Waals surface area contributed by atoms with Crippen molar-refractivity contribution < 1.29 is 4.74 Å². The number of benzene rings is 1. The Labute approximate surface area is 124 Å². The Morgan fingerprint density at radius 3 is 2.37 bits per heavy atom. The first kappa shape index (κ1) is 15.8. The van der Waals surface area contributed by atoms with E-state index in [1.165, 1.54) is 5.56 Å². The molecule has 0 aromatic heterocycles. The van der Waals surface area contributed by atoms with Crippen LogP contribution in [-0.2, 0) is 0 Å². The van der Waals surface area contributed by atoms with Gasteiger partial charge in [-0.25, -0.2) is 0 Å². The van der Waals surface area contributed by atoms with Crippen molar-refractivity contribution in [3.05, 3.63) is 21.2 Å². The highest BCUT2D eigenvalue weighted by atomic mass is 79.9. The average molecular weight is 325 g/mol. The normalized spacial score (nSPS) is 11.8. The largest absolute Gasteiger partial charge is 0.494 e. The number of nitrogens with one attached hydrogen (secondary N) is 1. The fourth-order valence-corrected chi connectivity index (χ4v) is 2.55. The van der Waals surface area contributed by atoms with E-state index in [4.69, 9.17) is 10.00 Å². The number of hydrogen-bond donors (Lipinski definition) is 1. The first-order valence-corrected chi connectivity index (χ1v) is 7.23. The maximum absolute atomic E-state index is 9.02. The standard InChI is InChI=1S/C15H21BrN2O/c1-6-12(7-17)8-18-14-11(4)13(16)9(2)10(3)15(14)19-5/h12,18H,6,8H2,1-5H3. The van der Waals surface area contributed by atoms with E-state index in [0.717, 1.165) is 33.5 Å². The molecular weight excluding hydrogens is 304 g/mol. The molecule has 0 aliphatic carbocycles. The summed E-state index contributed by atoms with van der Waals surface area (Å²) < 4.78 is 6.62. The molecule has 1 atom stereocenters. The molecule has 1 unspecified atom stereocenters. The maximum Gasteiger partial charge on any atom is 0.145 e. The Kier molecular flexibility index (Phi) is 5.68. The minimum Gasteiger partial charge on any atom is -0.494 e. The zero-order valence-electron chi connectivity index (χ0n) is 12.2. The molecule has 19 heavy (non-hydrogen) atoms. The number of nitrogens with zero attached hydrogens (tertiary/aromatic N) is 1. The molecule has 0 bridgehead atoms. The van der Waals surface area contributed by atoms with Crippen molar-refractivity contribution in [1.29, 1.82) is 5.26 Å². The van der Waals surface area contributed by atoms with Gasteiger partial charge in [0.25, 0.3) is 0 Å². The lowest BCUT2D eigenvalue weighted by Gasteiger charge is -2.20. The van der Waals surface area contributed by atoms with Crippen LogP contribution in [0.1, 0.15) is 30.0 Å². The third kappa shape index (κ3) is 3.22. The summed E-state index contributed by atoms with van der Waals surface area (Å²) in [6.07, 6.45) is 0.844. The van der Waals surface area contributed by atoms with E-state index in [1.54, 1.807) is 7.11 Å². The number of ether oxygens (including phenoxy) is 1. The van der Waals surface area contributed by atoms with E-state index in [2.05, 4.69) is 41.2 Å². The van der Waals surface area contributed by atoms with Gasteiger partial charge in [0.05, 0.1) is 24.8 Å². The minimum atomic E-state index is 0.0180. The molecule has 3 nitrogen and oxygen atoms in total. The fraction of sp³-hybridized carbons (Fsp3) is 0.533. The summed E-state index contributed by atoms with van der Waals surface area (Å²) in [7, 11) is 1.68. The van der Waals surface area contributed by atoms with Crippen LogP contribution in [0, 0.1) is 38.0 Å². The molecule has 0 saturated carbocycles. The summed E-state index contributed by atoms with van der Waals surface area (Å²) in [4.78, 5) is 0. The highest BCUT2D eigenvalue weighted by Crippen LogP contribution is 2.39. The van der Waals surface area contributed by atoms with Crippen LogP contribution in [0.15, 0.2) is 4.47 Å². The number of anilines is 1. The van der Waals surface area contributed by atoms with Crippen molar-refractivity contribution in [2.45, 2.75) is 34.1 Å². The first-order valence-electron chi connectivity index (χ1n) is 6.44. The van der Waals surface area contributed by atoms with Gasteiger partial charge in [0, 0.05) is 11.0 Å². The van der Waals surface area contributed by atoms with Crippen LogP contribution in [-0.4, -0.2) is 13.7 Å². The van der Waals surface area contributed by atoms with Gasteiger partial charge in [-0.15, -0.1) is 0 Å². The van der Waals surface area contributed by atoms with Crippen LogP contribution < -0.4 is 10.1 Å². The number of methoxy groups -OCH3 is 1. The fourth-order valence-electron chi connectivity index (χ4n) is 2.06. The van der Waals surface area contributed by atoms with Crippen molar-refractivity contribution in [2.75, 3.05) is 19.0 Å². The van der Waals surface area contributed by atoms with E-state index >= 15 is 0 Å². The predicted molar refractivity (Wildman–Crippen MR) is 82.8 cm³/mol. The van der Waals surface area contributed by atoms with Gasteiger partial charge in [0.2, 0.25) is 0 Å². The summed E-state index contributed by atoms with van der Waals surface area (Å²) in [5, 5.41) is 12.4. The van der Waals surface area contributed by atoms with E-state index in [-0.39, 0.29) is 5.92 Å². The lowest BCUT2D eigenvalue weighted by atomic mass is 10.0. The Morgan fingerprint density at radius 2 is 1.89 bits per heavy atom. The van der Waals surface area contributed by atoms with Gasteiger partial charge >= 0.3 is 0 Å². The second-order valence-electron chi connectivity index (χ2n) is 4.71. The van der Waals surface area contributed by atoms with Crippen molar-refractivity contribution in [1.82, 2.24) is 0 Å².